The lowest BCUT2D eigenvalue weighted by Gasteiger charge is -2.23. The summed E-state index contributed by atoms with van der Waals surface area (Å²) in [7, 11) is 0. The SMILES string of the molecule is O=C(CSCc1ccc(Cl)c(Cl)c1)Nc1ccccc1C(=O)NC1CCCCC1. The number of thioether (sulfide) groups is 1. The van der Waals surface area contributed by atoms with Gasteiger partial charge in [-0.2, -0.15) is 0 Å². The van der Waals surface area contributed by atoms with Crippen molar-refractivity contribution in [1.29, 1.82) is 0 Å². The zero-order chi connectivity index (χ0) is 20.6. The smallest absolute Gasteiger partial charge is 0.253 e. The van der Waals surface area contributed by atoms with Gasteiger partial charge in [0, 0.05) is 11.8 Å². The zero-order valence-corrected chi connectivity index (χ0v) is 18.4. The highest BCUT2D eigenvalue weighted by molar-refractivity contribution is 7.99. The van der Waals surface area contributed by atoms with E-state index in [2.05, 4.69) is 10.6 Å². The highest BCUT2D eigenvalue weighted by atomic mass is 35.5. The predicted molar refractivity (Wildman–Crippen MR) is 122 cm³/mol. The fraction of sp³-hybridized carbons (Fsp3) is 0.364. The molecule has 0 aromatic heterocycles. The van der Waals surface area contributed by atoms with Crippen LogP contribution in [-0.2, 0) is 10.5 Å². The molecule has 0 spiro atoms. The first-order valence-electron chi connectivity index (χ1n) is 9.74. The number of benzene rings is 2. The number of para-hydroxylation sites is 1. The van der Waals surface area contributed by atoms with Crippen molar-refractivity contribution < 1.29 is 9.59 Å². The van der Waals surface area contributed by atoms with E-state index in [9.17, 15) is 9.59 Å². The lowest BCUT2D eigenvalue weighted by molar-refractivity contribution is -0.113. The van der Waals surface area contributed by atoms with Gasteiger partial charge in [0.1, 0.15) is 0 Å². The van der Waals surface area contributed by atoms with Crippen LogP contribution < -0.4 is 10.6 Å². The Hall–Kier alpha value is -1.69. The number of nitrogens with one attached hydrogen (secondary N) is 2. The molecule has 1 fully saturated rings. The van der Waals surface area contributed by atoms with Gasteiger partial charge in [0.25, 0.3) is 5.91 Å². The van der Waals surface area contributed by atoms with Crippen LogP contribution in [-0.4, -0.2) is 23.6 Å². The topological polar surface area (TPSA) is 58.2 Å². The molecule has 1 saturated carbocycles. The summed E-state index contributed by atoms with van der Waals surface area (Å²) in [6.45, 7) is 0. The van der Waals surface area contributed by atoms with Gasteiger partial charge in [-0.25, -0.2) is 0 Å². The van der Waals surface area contributed by atoms with Crippen LogP contribution in [0.15, 0.2) is 42.5 Å². The van der Waals surface area contributed by atoms with E-state index in [1.807, 2.05) is 18.2 Å². The van der Waals surface area contributed by atoms with E-state index in [1.165, 1.54) is 18.2 Å². The molecule has 0 radical (unpaired) electrons. The van der Waals surface area contributed by atoms with Gasteiger partial charge in [0.05, 0.1) is 27.0 Å². The molecular formula is C22H24Cl2N2O2S. The van der Waals surface area contributed by atoms with E-state index in [4.69, 9.17) is 23.2 Å². The summed E-state index contributed by atoms with van der Waals surface area (Å²) in [4.78, 5) is 25.1. The van der Waals surface area contributed by atoms with Gasteiger partial charge >= 0.3 is 0 Å². The second-order valence-corrected chi connectivity index (χ2v) is 8.94. The number of halogens is 2. The Balaban J connectivity index is 1.53. The Morgan fingerprint density at radius 1 is 1.00 bits per heavy atom. The average Bonchev–Trinajstić information content (AvgIpc) is 2.72. The van der Waals surface area contributed by atoms with E-state index >= 15 is 0 Å². The van der Waals surface area contributed by atoms with Crippen molar-refractivity contribution in [3.8, 4) is 0 Å². The first-order chi connectivity index (χ1) is 14.0. The molecule has 1 aliphatic rings. The monoisotopic (exact) mass is 450 g/mol. The largest absolute Gasteiger partial charge is 0.349 e. The lowest BCUT2D eigenvalue weighted by Crippen LogP contribution is -2.36. The van der Waals surface area contributed by atoms with Gasteiger partial charge in [0.15, 0.2) is 0 Å². The molecule has 3 rings (SSSR count). The maximum Gasteiger partial charge on any atom is 0.253 e. The van der Waals surface area contributed by atoms with Crippen molar-refractivity contribution in [3.63, 3.8) is 0 Å². The van der Waals surface area contributed by atoms with Crippen LogP contribution >= 0.6 is 35.0 Å². The number of amides is 2. The summed E-state index contributed by atoms with van der Waals surface area (Å²) in [5.74, 6) is 0.650. The molecule has 2 N–H and O–H groups in total. The van der Waals surface area contributed by atoms with Gasteiger partial charge in [-0.1, -0.05) is 60.7 Å². The van der Waals surface area contributed by atoms with Crippen molar-refractivity contribution in [1.82, 2.24) is 5.32 Å². The normalized spacial score (nSPS) is 14.4. The standard InChI is InChI=1S/C22H24Cl2N2O2S/c23-18-11-10-15(12-19(18)24)13-29-14-21(27)26-20-9-5-4-8-17(20)22(28)25-16-6-2-1-3-7-16/h4-5,8-12,16H,1-3,6-7,13-14H2,(H,25,28)(H,26,27). The van der Waals surface area contributed by atoms with Crippen LogP contribution in [0.3, 0.4) is 0 Å². The minimum atomic E-state index is -0.145. The molecular weight excluding hydrogens is 427 g/mol. The molecule has 0 saturated heterocycles. The molecule has 29 heavy (non-hydrogen) atoms. The Morgan fingerprint density at radius 3 is 2.52 bits per heavy atom. The fourth-order valence-electron chi connectivity index (χ4n) is 3.38. The third kappa shape index (κ3) is 6.66. The summed E-state index contributed by atoms with van der Waals surface area (Å²) < 4.78 is 0. The molecule has 154 valence electrons. The van der Waals surface area contributed by atoms with E-state index in [0.29, 0.717) is 27.0 Å². The van der Waals surface area contributed by atoms with Crippen LogP contribution in [0.5, 0.6) is 0 Å². The van der Waals surface area contributed by atoms with Crippen molar-refractivity contribution >= 4 is 52.5 Å². The number of hydrogen-bond donors (Lipinski definition) is 2. The van der Waals surface area contributed by atoms with Gasteiger partial charge < -0.3 is 10.6 Å². The molecule has 0 bridgehead atoms. The number of carbonyl (C=O) groups excluding carboxylic acids is 2. The molecule has 4 nitrogen and oxygen atoms in total. The first kappa shape index (κ1) is 22.0. The van der Waals surface area contributed by atoms with Crippen molar-refractivity contribution in [2.45, 2.75) is 43.9 Å². The van der Waals surface area contributed by atoms with Crippen LogP contribution in [0.2, 0.25) is 10.0 Å². The molecule has 1 aliphatic carbocycles. The molecule has 2 amide bonds. The minimum Gasteiger partial charge on any atom is -0.349 e. The molecule has 0 unspecified atom stereocenters. The molecule has 0 heterocycles. The predicted octanol–water partition coefficient (Wildman–Crippen LogP) is 5.93. The van der Waals surface area contributed by atoms with Crippen LogP contribution in [0, 0.1) is 0 Å². The number of anilines is 1. The van der Waals surface area contributed by atoms with Crippen LogP contribution in [0.1, 0.15) is 48.0 Å². The van der Waals surface area contributed by atoms with Crippen molar-refractivity contribution in [3.05, 3.63) is 63.6 Å². The molecule has 0 aliphatic heterocycles. The molecule has 7 heteroatoms. The summed E-state index contributed by atoms with van der Waals surface area (Å²) in [5, 5.41) is 6.99. The summed E-state index contributed by atoms with van der Waals surface area (Å²) in [6, 6.07) is 12.8. The van der Waals surface area contributed by atoms with E-state index in [0.717, 1.165) is 31.2 Å². The molecule has 2 aromatic carbocycles. The van der Waals surface area contributed by atoms with Crippen molar-refractivity contribution in [2.75, 3.05) is 11.1 Å². The van der Waals surface area contributed by atoms with Gasteiger partial charge in [-0.3, -0.25) is 9.59 Å². The zero-order valence-electron chi connectivity index (χ0n) is 16.0. The lowest BCUT2D eigenvalue weighted by atomic mass is 9.95. The quantitative estimate of drug-likeness (QED) is 0.549. The maximum absolute atomic E-state index is 12.7. The Morgan fingerprint density at radius 2 is 1.76 bits per heavy atom. The van der Waals surface area contributed by atoms with Gasteiger partial charge in [-0.15, -0.1) is 11.8 Å². The number of carbonyl (C=O) groups is 2. The van der Waals surface area contributed by atoms with Crippen LogP contribution in [0.25, 0.3) is 0 Å². The molecule has 2 aromatic rings. The van der Waals surface area contributed by atoms with E-state index in [1.54, 1.807) is 24.3 Å². The first-order valence-corrected chi connectivity index (χ1v) is 11.7. The van der Waals surface area contributed by atoms with Gasteiger partial charge in [0.2, 0.25) is 5.91 Å². The summed E-state index contributed by atoms with van der Waals surface area (Å²) in [6.07, 6.45) is 5.58. The summed E-state index contributed by atoms with van der Waals surface area (Å²) in [5.41, 5.74) is 2.05. The Labute approximate surface area is 185 Å². The third-order valence-electron chi connectivity index (χ3n) is 4.87. The third-order valence-corrected chi connectivity index (χ3v) is 6.61. The van der Waals surface area contributed by atoms with E-state index < -0.39 is 0 Å². The van der Waals surface area contributed by atoms with E-state index in [-0.39, 0.29) is 23.6 Å². The van der Waals surface area contributed by atoms with Crippen LogP contribution in [0.4, 0.5) is 5.69 Å². The minimum absolute atomic E-state index is 0.128. The average molecular weight is 451 g/mol. The number of hydrogen-bond acceptors (Lipinski definition) is 3. The highest BCUT2D eigenvalue weighted by Crippen LogP contribution is 2.25. The Kier molecular flexibility index (Phi) is 8.28. The maximum atomic E-state index is 12.7. The fourth-order valence-corrected chi connectivity index (χ4v) is 4.47. The molecule has 0 atom stereocenters. The van der Waals surface area contributed by atoms with Crippen molar-refractivity contribution in [2.24, 2.45) is 0 Å². The second-order valence-electron chi connectivity index (χ2n) is 7.14. The highest BCUT2D eigenvalue weighted by Gasteiger charge is 2.19. The Bertz CT molecular complexity index is 870. The number of rotatable bonds is 7. The second kappa shape index (κ2) is 10.9. The summed E-state index contributed by atoms with van der Waals surface area (Å²) >= 11 is 13.4. The van der Waals surface area contributed by atoms with Gasteiger partial charge in [-0.05, 0) is 42.7 Å².